The molecule has 130 valence electrons. The first-order valence-corrected chi connectivity index (χ1v) is 8.41. The van der Waals surface area contributed by atoms with Crippen LogP contribution in [0.15, 0.2) is 41.0 Å². The van der Waals surface area contributed by atoms with Gasteiger partial charge in [0.15, 0.2) is 0 Å². The molecule has 1 atom stereocenters. The molecule has 2 N–H and O–H groups in total. The van der Waals surface area contributed by atoms with E-state index in [2.05, 4.69) is 20.9 Å². The second kappa shape index (κ2) is 7.18. The first-order valence-electron chi connectivity index (χ1n) is 7.62. The van der Waals surface area contributed by atoms with Crippen molar-refractivity contribution >= 4 is 27.7 Å². The van der Waals surface area contributed by atoms with Crippen molar-refractivity contribution in [1.82, 2.24) is 9.88 Å². The van der Waals surface area contributed by atoms with E-state index in [0.29, 0.717) is 23.2 Å². The number of halogens is 2. The van der Waals surface area contributed by atoms with Gasteiger partial charge in [0.1, 0.15) is 17.1 Å². The van der Waals surface area contributed by atoms with Gasteiger partial charge in [-0.1, -0.05) is 0 Å². The molecule has 2 heterocycles. The van der Waals surface area contributed by atoms with Gasteiger partial charge in [0, 0.05) is 19.3 Å². The zero-order valence-electron chi connectivity index (χ0n) is 13.1. The molecular weight excluding hydrogens is 393 g/mol. The van der Waals surface area contributed by atoms with Crippen LogP contribution in [0.3, 0.4) is 0 Å². The van der Waals surface area contributed by atoms with Crippen molar-refractivity contribution in [3.8, 4) is 11.6 Å². The number of nitrogens with two attached hydrogens (primary N) is 1. The summed E-state index contributed by atoms with van der Waals surface area (Å²) in [4.78, 5) is 29.7. The lowest BCUT2D eigenvalue weighted by Crippen LogP contribution is -2.32. The summed E-state index contributed by atoms with van der Waals surface area (Å²) in [5.41, 5.74) is 5.58. The summed E-state index contributed by atoms with van der Waals surface area (Å²) in [6, 6.07) is 7.18. The first kappa shape index (κ1) is 17.3. The van der Waals surface area contributed by atoms with Gasteiger partial charge in [-0.2, -0.15) is 0 Å². The molecule has 3 rings (SSSR count). The highest BCUT2D eigenvalue weighted by Gasteiger charge is 2.31. The maximum absolute atomic E-state index is 13.2. The van der Waals surface area contributed by atoms with Crippen LogP contribution in [0.5, 0.6) is 11.6 Å². The molecule has 0 radical (unpaired) electrons. The Bertz CT molecular complexity index is 831. The molecule has 0 spiro atoms. The lowest BCUT2D eigenvalue weighted by Gasteiger charge is -2.18. The van der Waals surface area contributed by atoms with Gasteiger partial charge in [0.2, 0.25) is 11.8 Å². The number of pyridine rings is 1. The Morgan fingerprint density at radius 2 is 2.16 bits per heavy atom. The Morgan fingerprint density at radius 3 is 2.84 bits per heavy atom. The Balaban J connectivity index is 1.83. The van der Waals surface area contributed by atoms with Gasteiger partial charge in [-0.25, -0.2) is 9.37 Å². The van der Waals surface area contributed by atoms with E-state index in [0.717, 1.165) is 0 Å². The molecule has 2 aromatic rings. The van der Waals surface area contributed by atoms with E-state index in [1.54, 1.807) is 17.0 Å². The molecule has 0 bridgehead atoms. The molecule has 0 saturated carbocycles. The number of carbonyl (C=O) groups is 2. The minimum absolute atomic E-state index is 0.113. The third-order valence-corrected chi connectivity index (χ3v) is 4.60. The quantitative estimate of drug-likeness (QED) is 0.843. The first-order chi connectivity index (χ1) is 12.0. The van der Waals surface area contributed by atoms with Crippen LogP contribution in [0.25, 0.3) is 0 Å². The number of rotatable bonds is 4. The number of hydrogen-bond acceptors (Lipinski definition) is 4. The average Bonchev–Trinajstić information content (AvgIpc) is 3.07. The zero-order chi connectivity index (χ0) is 18.0. The van der Waals surface area contributed by atoms with Crippen LogP contribution in [0.1, 0.15) is 16.8 Å². The summed E-state index contributed by atoms with van der Waals surface area (Å²) < 4.78 is 19.3. The van der Waals surface area contributed by atoms with E-state index in [1.807, 2.05) is 0 Å². The van der Waals surface area contributed by atoms with Crippen LogP contribution >= 0.6 is 15.9 Å². The van der Waals surface area contributed by atoms with Crippen molar-refractivity contribution in [3.63, 3.8) is 0 Å². The van der Waals surface area contributed by atoms with E-state index < -0.39 is 11.7 Å². The molecule has 2 amide bonds. The molecule has 1 saturated heterocycles. The van der Waals surface area contributed by atoms with Crippen molar-refractivity contribution in [3.05, 3.63) is 52.4 Å². The number of aromatic nitrogens is 1. The topological polar surface area (TPSA) is 85.5 Å². The van der Waals surface area contributed by atoms with Gasteiger partial charge in [-0.15, -0.1) is 0 Å². The molecule has 1 aliphatic rings. The van der Waals surface area contributed by atoms with Crippen LogP contribution in [0.2, 0.25) is 0 Å². The highest BCUT2D eigenvalue weighted by atomic mass is 79.9. The van der Waals surface area contributed by atoms with Gasteiger partial charge in [-0.3, -0.25) is 9.59 Å². The molecule has 1 aromatic heterocycles. The number of likely N-dealkylation sites (tertiary alicyclic amines) is 1. The molecule has 1 aromatic carbocycles. The van der Waals surface area contributed by atoms with Crippen LogP contribution in [-0.4, -0.2) is 34.8 Å². The minimum atomic E-state index is -0.411. The van der Waals surface area contributed by atoms with Crippen molar-refractivity contribution < 1.29 is 18.7 Å². The predicted octanol–water partition coefficient (Wildman–Crippen LogP) is 2.72. The van der Waals surface area contributed by atoms with Gasteiger partial charge in [0.25, 0.3) is 5.91 Å². The van der Waals surface area contributed by atoms with Crippen LogP contribution < -0.4 is 10.5 Å². The van der Waals surface area contributed by atoms with Gasteiger partial charge < -0.3 is 15.4 Å². The number of ether oxygens (including phenoxy) is 1. The standard InChI is InChI=1S/C17H15BrFN3O3/c18-13-8-11(19)3-4-14(13)25-16-12(2-1-6-21-16)17(24)22-7-5-10(9-22)15(20)23/h1-4,6,8,10H,5,7,9H2,(H2,20,23)/t10-/m0/s1. The van der Waals surface area contributed by atoms with Crippen LogP contribution in [0.4, 0.5) is 4.39 Å². The highest BCUT2D eigenvalue weighted by Crippen LogP contribution is 2.31. The number of carbonyl (C=O) groups excluding carboxylic acids is 2. The van der Waals surface area contributed by atoms with Gasteiger partial charge >= 0.3 is 0 Å². The summed E-state index contributed by atoms with van der Waals surface area (Å²) in [5, 5.41) is 0. The maximum Gasteiger partial charge on any atom is 0.259 e. The second-order valence-electron chi connectivity index (χ2n) is 5.67. The summed E-state index contributed by atoms with van der Waals surface area (Å²) in [6.45, 7) is 0.726. The number of primary amides is 1. The molecule has 1 fully saturated rings. The number of hydrogen-bond donors (Lipinski definition) is 1. The van der Waals surface area contributed by atoms with Crippen molar-refractivity contribution in [2.24, 2.45) is 11.7 Å². The van der Waals surface area contributed by atoms with E-state index in [9.17, 15) is 14.0 Å². The monoisotopic (exact) mass is 407 g/mol. The second-order valence-corrected chi connectivity index (χ2v) is 6.53. The van der Waals surface area contributed by atoms with E-state index >= 15 is 0 Å². The third kappa shape index (κ3) is 3.79. The number of benzene rings is 1. The summed E-state index contributed by atoms with van der Waals surface area (Å²) >= 11 is 3.22. The van der Waals surface area contributed by atoms with Gasteiger partial charge in [0.05, 0.1) is 10.4 Å². The maximum atomic E-state index is 13.2. The fourth-order valence-corrected chi connectivity index (χ4v) is 3.08. The molecule has 1 aliphatic heterocycles. The molecule has 8 heteroatoms. The van der Waals surface area contributed by atoms with Crippen molar-refractivity contribution in [2.75, 3.05) is 13.1 Å². The summed E-state index contributed by atoms with van der Waals surface area (Å²) in [6.07, 6.45) is 2.04. The molecule has 0 unspecified atom stereocenters. The van der Waals surface area contributed by atoms with Crippen LogP contribution in [-0.2, 0) is 4.79 Å². The fourth-order valence-electron chi connectivity index (χ4n) is 2.64. The zero-order valence-corrected chi connectivity index (χ0v) is 14.7. The summed E-state index contributed by atoms with van der Waals surface area (Å²) in [7, 11) is 0. The molecular formula is C17H15BrFN3O3. The smallest absolute Gasteiger partial charge is 0.259 e. The minimum Gasteiger partial charge on any atom is -0.437 e. The third-order valence-electron chi connectivity index (χ3n) is 3.98. The van der Waals surface area contributed by atoms with Gasteiger partial charge in [-0.05, 0) is 52.7 Å². The highest BCUT2D eigenvalue weighted by molar-refractivity contribution is 9.10. The SMILES string of the molecule is NC(=O)[C@H]1CCN(C(=O)c2cccnc2Oc2ccc(F)cc2Br)C1. The molecule has 0 aliphatic carbocycles. The normalized spacial score (nSPS) is 16.7. The van der Waals surface area contributed by atoms with Crippen molar-refractivity contribution in [1.29, 1.82) is 0 Å². The number of nitrogens with zero attached hydrogens (tertiary/aromatic N) is 2. The van der Waals surface area contributed by atoms with E-state index in [4.69, 9.17) is 10.5 Å². The fraction of sp³-hybridized carbons (Fsp3) is 0.235. The average molecular weight is 408 g/mol. The van der Waals surface area contributed by atoms with Crippen molar-refractivity contribution in [2.45, 2.75) is 6.42 Å². The van der Waals surface area contributed by atoms with E-state index in [1.165, 1.54) is 24.4 Å². The molecule has 25 heavy (non-hydrogen) atoms. The van der Waals surface area contributed by atoms with Crippen LogP contribution in [0, 0.1) is 11.7 Å². The Morgan fingerprint density at radius 1 is 1.36 bits per heavy atom. The Labute approximate surface area is 151 Å². The Kier molecular flexibility index (Phi) is 4.98. The predicted molar refractivity (Wildman–Crippen MR) is 91.6 cm³/mol. The lowest BCUT2D eigenvalue weighted by molar-refractivity contribution is -0.121. The Hall–Kier alpha value is -2.48. The van der Waals surface area contributed by atoms with E-state index in [-0.39, 0.29) is 29.8 Å². The molecule has 6 nitrogen and oxygen atoms in total. The largest absolute Gasteiger partial charge is 0.437 e. The summed E-state index contributed by atoms with van der Waals surface area (Å²) in [5.74, 6) is -0.992. The number of amides is 2. The lowest BCUT2D eigenvalue weighted by atomic mass is 10.1.